The van der Waals surface area contributed by atoms with Crippen LogP contribution in [0.5, 0.6) is 0 Å². The van der Waals surface area contributed by atoms with Crippen molar-refractivity contribution >= 4 is 21.6 Å². The maximum absolute atomic E-state index is 13.1. The largest absolute Gasteiger partial charge is 0.361 e. The molecule has 1 saturated heterocycles. The number of carbonyl (C=O) groups is 1. The Labute approximate surface area is 154 Å². The van der Waals surface area contributed by atoms with Gasteiger partial charge in [0.05, 0.1) is 11.3 Å². The normalized spacial score (nSPS) is 14.7. The Morgan fingerprint density at radius 1 is 1.08 bits per heavy atom. The number of likely N-dealkylation sites (tertiary alicyclic amines) is 1. The summed E-state index contributed by atoms with van der Waals surface area (Å²) in [7, 11) is -3.90. The fourth-order valence-corrected chi connectivity index (χ4v) is 5.05. The van der Waals surface area contributed by atoms with E-state index in [0.717, 1.165) is 24.0 Å². The summed E-state index contributed by atoms with van der Waals surface area (Å²) in [6, 6.07) is 5.60. The van der Waals surface area contributed by atoms with Crippen molar-refractivity contribution in [2.45, 2.75) is 45.4 Å². The first-order chi connectivity index (χ1) is 12.2. The minimum Gasteiger partial charge on any atom is -0.361 e. The molecule has 6 nitrogen and oxygen atoms in total. The second-order valence-corrected chi connectivity index (χ2v) is 8.62. The van der Waals surface area contributed by atoms with Crippen LogP contribution < -0.4 is 4.72 Å². The molecule has 26 heavy (non-hydrogen) atoms. The van der Waals surface area contributed by atoms with Gasteiger partial charge in [-0.15, -0.1) is 0 Å². The van der Waals surface area contributed by atoms with E-state index in [0.29, 0.717) is 30.2 Å². The van der Waals surface area contributed by atoms with Gasteiger partial charge in [-0.1, -0.05) is 12.1 Å². The SMILES string of the molecule is Cc1ccc(C)c(NS(=O)(=O)c2c(C)[nH]c(C)c2C(=O)N2CCCC2)c1. The molecule has 0 spiro atoms. The van der Waals surface area contributed by atoms with E-state index in [2.05, 4.69) is 9.71 Å². The molecule has 1 aliphatic heterocycles. The molecule has 0 unspecified atom stereocenters. The monoisotopic (exact) mass is 375 g/mol. The lowest BCUT2D eigenvalue weighted by Gasteiger charge is -2.17. The van der Waals surface area contributed by atoms with Crippen LogP contribution in [0.3, 0.4) is 0 Å². The van der Waals surface area contributed by atoms with Gasteiger partial charge in [0.2, 0.25) is 0 Å². The molecule has 1 aromatic heterocycles. The van der Waals surface area contributed by atoms with Gasteiger partial charge in [0.25, 0.3) is 15.9 Å². The third-order valence-corrected chi connectivity index (χ3v) is 6.37. The smallest absolute Gasteiger partial charge is 0.264 e. The Morgan fingerprint density at radius 2 is 1.73 bits per heavy atom. The molecule has 0 aliphatic carbocycles. The van der Waals surface area contributed by atoms with Crippen LogP contribution in [0.2, 0.25) is 0 Å². The number of rotatable bonds is 4. The van der Waals surface area contributed by atoms with Gasteiger partial charge in [-0.3, -0.25) is 9.52 Å². The number of hydrogen-bond donors (Lipinski definition) is 2. The number of amides is 1. The second kappa shape index (κ2) is 6.79. The van der Waals surface area contributed by atoms with E-state index in [4.69, 9.17) is 0 Å². The number of H-pyrrole nitrogens is 1. The van der Waals surface area contributed by atoms with E-state index >= 15 is 0 Å². The first-order valence-electron chi connectivity index (χ1n) is 8.79. The number of benzene rings is 1. The van der Waals surface area contributed by atoms with Crippen molar-refractivity contribution in [1.29, 1.82) is 0 Å². The van der Waals surface area contributed by atoms with Crippen molar-refractivity contribution < 1.29 is 13.2 Å². The van der Waals surface area contributed by atoms with Gasteiger partial charge >= 0.3 is 0 Å². The average molecular weight is 375 g/mol. The molecule has 0 saturated carbocycles. The van der Waals surface area contributed by atoms with Gasteiger partial charge in [0.15, 0.2) is 0 Å². The fourth-order valence-electron chi connectivity index (χ4n) is 3.47. The lowest BCUT2D eigenvalue weighted by molar-refractivity contribution is 0.0788. The Morgan fingerprint density at radius 3 is 2.38 bits per heavy atom. The molecule has 0 radical (unpaired) electrons. The van der Waals surface area contributed by atoms with Crippen LogP contribution in [-0.2, 0) is 10.0 Å². The predicted octanol–water partition coefficient (Wildman–Crippen LogP) is 3.29. The third kappa shape index (κ3) is 3.35. The minimum atomic E-state index is -3.90. The van der Waals surface area contributed by atoms with Crippen molar-refractivity contribution in [3.8, 4) is 0 Å². The van der Waals surface area contributed by atoms with Gasteiger partial charge in [-0.25, -0.2) is 8.42 Å². The number of carbonyl (C=O) groups excluding carboxylic acids is 1. The summed E-state index contributed by atoms with van der Waals surface area (Å²) in [5, 5.41) is 0. The van der Waals surface area contributed by atoms with E-state index < -0.39 is 10.0 Å². The van der Waals surface area contributed by atoms with Crippen molar-refractivity contribution in [1.82, 2.24) is 9.88 Å². The van der Waals surface area contributed by atoms with Gasteiger partial charge in [0.1, 0.15) is 4.90 Å². The first kappa shape index (κ1) is 18.5. The number of hydrogen-bond acceptors (Lipinski definition) is 3. The number of nitrogens with one attached hydrogen (secondary N) is 2. The number of aromatic nitrogens is 1. The molecule has 1 aromatic carbocycles. The molecule has 0 bridgehead atoms. The Kier molecular flexibility index (Phi) is 4.84. The number of nitrogens with zero attached hydrogens (tertiary/aromatic N) is 1. The predicted molar refractivity (Wildman–Crippen MR) is 102 cm³/mol. The molecule has 1 aliphatic rings. The summed E-state index contributed by atoms with van der Waals surface area (Å²) in [5.41, 5.74) is 3.63. The van der Waals surface area contributed by atoms with Crippen LogP contribution >= 0.6 is 0 Å². The molecule has 1 fully saturated rings. The Hall–Kier alpha value is -2.28. The molecule has 2 N–H and O–H groups in total. The van der Waals surface area contributed by atoms with E-state index in [9.17, 15) is 13.2 Å². The number of anilines is 1. The number of sulfonamides is 1. The topological polar surface area (TPSA) is 82.3 Å². The second-order valence-electron chi connectivity index (χ2n) is 7.00. The van der Waals surface area contributed by atoms with E-state index in [1.807, 2.05) is 26.0 Å². The van der Waals surface area contributed by atoms with E-state index in [-0.39, 0.29) is 16.4 Å². The van der Waals surface area contributed by atoms with Gasteiger partial charge in [0, 0.05) is 24.5 Å². The summed E-state index contributed by atoms with van der Waals surface area (Å²) in [5.74, 6) is -0.217. The maximum Gasteiger partial charge on any atom is 0.264 e. The maximum atomic E-state index is 13.1. The van der Waals surface area contributed by atoms with Crippen molar-refractivity contribution in [3.63, 3.8) is 0 Å². The van der Waals surface area contributed by atoms with Crippen molar-refractivity contribution in [2.75, 3.05) is 17.8 Å². The van der Waals surface area contributed by atoms with Gasteiger partial charge in [-0.05, 0) is 57.7 Å². The van der Waals surface area contributed by atoms with Gasteiger partial charge in [-0.2, -0.15) is 0 Å². The summed E-state index contributed by atoms with van der Waals surface area (Å²) in [4.78, 5) is 17.7. The standard InChI is InChI=1S/C19H25N3O3S/c1-12-7-8-13(2)16(11-12)21-26(24,25)18-15(4)20-14(3)17(18)19(23)22-9-5-6-10-22/h7-8,11,20-21H,5-6,9-10H2,1-4H3. The lowest BCUT2D eigenvalue weighted by Crippen LogP contribution is -2.30. The molecule has 140 valence electrons. The molecule has 0 atom stereocenters. The van der Waals surface area contributed by atoms with Crippen LogP contribution in [0, 0.1) is 27.7 Å². The zero-order chi connectivity index (χ0) is 19.1. The van der Waals surface area contributed by atoms with Crippen LogP contribution in [0.1, 0.15) is 45.7 Å². The van der Waals surface area contributed by atoms with Gasteiger partial charge < -0.3 is 9.88 Å². The number of aromatic amines is 1. The first-order valence-corrected chi connectivity index (χ1v) is 10.3. The van der Waals surface area contributed by atoms with Crippen molar-refractivity contribution in [2.24, 2.45) is 0 Å². The average Bonchev–Trinajstić information content (AvgIpc) is 3.18. The molecular formula is C19H25N3O3S. The third-order valence-electron chi connectivity index (χ3n) is 4.83. The van der Waals surface area contributed by atoms with Crippen molar-refractivity contribution in [3.05, 3.63) is 46.3 Å². The summed E-state index contributed by atoms with van der Waals surface area (Å²) in [6.45, 7) is 8.53. The lowest BCUT2D eigenvalue weighted by atomic mass is 10.1. The van der Waals surface area contributed by atoms with Crippen LogP contribution in [0.15, 0.2) is 23.1 Å². The molecule has 1 amide bonds. The Balaban J connectivity index is 2.05. The van der Waals surface area contributed by atoms with Crippen LogP contribution in [0.25, 0.3) is 0 Å². The fraction of sp³-hybridized carbons (Fsp3) is 0.421. The highest BCUT2D eigenvalue weighted by atomic mass is 32.2. The zero-order valence-electron chi connectivity index (χ0n) is 15.6. The van der Waals surface area contributed by atoms with E-state index in [1.165, 1.54) is 0 Å². The highest BCUT2D eigenvalue weighted by molar-refractivity contribution is 7.92. The Bertz CT molecular complexity index is 955. The highest BCUT2D eigenvalue weighted by Crippen LogP contribution is 2.29. The molecule has 7 heteroatoms. The van der Waals surface area contributed by atoms with Crippen LogP contribution in [-0.4, -0.2) is 37.3 Å². The summed E-state index contributed by atoms with van der Waals surface area (Å²) >= 11 is 0. The highest BCUT2D eigenvalue weighted by Gasteiger charge is 2.32. The summed E-state index contributed by atoms with van der Waals surface area (Å²) in [6.07, 6.45) is 1.91. The molecular weight excluding hydrogens is 350 g/mol. The molecule has 2 aromatic rings. The minimum absolute atomic E-state index is 0.0489. The summed E-state index contributed by atoms with van der Waals surface area (Å²) < 4.78 is 28.9. The van der Waals surface area contributed by atoms with Crippen LogP contribution in [0.4, 0.5) is 5.69 Å². The van der Waals surface area contributed by atoms with E-state index in [1.54, 1.807) is 24.8 Å². The zero-order valence-corrected chi connectivity index (χ0v) is 16.5. The molecule has 3 rings (SSSR count). The quantitative estimate of drug-likeness (QED) is 0.860. The molecule has 2 heterocycles. The number of aryl methyl sites for hydroxylation is 4.